The number of rotatable bonds is 5. The number of benzene rings is 2. The molecule has 134 valence electrons. The fourth-order valence-corrected chi connectivity index (χ4v) is 4.24. The van der Waals surface area contributed by atoms with Crippen molar-refractivity contribution in [3.63, 3.8) is 0 Å². The largest absolute Gasteiger partial charge is 0.378 e. The molecule has 0 bridgehead atoms. The molecular formula is C18H19Cl2NO3S. The van der Waals surface area contributed by atoms with E-state index in [-0.39, 0.29) is 11.0 Å². The SMILES string of the molecule is O=S(=O)(Nc1cc(Cl)ccc1CC1CCCCO1)c1ccc(Cl)cc1. The van der Waals surface area contributed by atoms with Gasteiger partial charge in [-0.1, -0.05) is 29.3 Å². The van der Waals surface area contributed by atoms with Crippen LogP contribution in [0.3, 0.4) is 0 Å². The van der Waals surface area contributed by atoms with Crippen LogP contribution in [-0.4, -0.2) is 21.1 Å². The molecule has 0 aliphatic carbocycles. The second-order valence-corrected chi connectivity index (χ2v) is 8.61. The topological polar surface area (TPSA) is 55.4 Å². The molecule has 0 amide bonds. The summed E-state index contributed by atoms with van der Waals surface area (Å²) in [6, 6.07) is 11.3. The van der Waals surface area contributed by atoms with Gasteiger partial charge in [-0.2, -0.15) is 0 Å². The molecule has 2 aromatic rings. The average Bonchev–Trinajstić information content (AvgIpc) is 2.58. The summed E-state index contributed by atoms with van der Waals surface area (Å²) in [7, 11) is -3.72. The lowest BCUT2D eigenvalue weighted by Crippen LogP contribution is -2.22. The van der Waals surface area contributed by atoms with Gasteiger partial charge in [0.2, 0.25) is 0 Å². The maximum atomic E-state index is 12.6. The van der Waals surface area contributed by atoms with E-state index in [1.165, 1.54) is 12.1 Å². The monoisotopic (exact) mass is 399 g/mol. The van der Waals surface area contributed by atoms with Gasteiger partial charge in [0.15, 0.2) is 0 Å². The number of halogens is 2. The highest BCUT2D eigenvalue weighted by Gasteiger charge is 2.20. The minimum atomic E-state index is -3.72. The third-order valence-corrected chi connectivity index (χ3v) is 6.03. The molecule has 0 saturated carbocycles. The summed E-state index contributed by atoms with van der Waals surface area (Å²) >= 11 is 11.9. The Morgan fingerprint density at radius 1 is 1.04 bits per heavy atom. The second kappa shape index (κ2) is 7.96. The number of ether oxygens (including phenoxy) is 1. The molecule has 1 saturated heterocycles. The van der Waals surface area contributed by atoms with Crippen LogP contribution in [0.4, 0.5) is 5.69 Å². The fourth-order valence-electron chi connectivity index (χ4n) is 2.85. The van der Waals surface area contributed by atoms with E-state index in [0.29, 0.717) is 22.2 Å². The first kappa shape index (κ1) is 18.5. The van der Waals surface area contributed by atoms with E-state index in [9.17, 15) is 8.42 Å². The molecular weight excluding hydrogens is 381 g/mol. The van der Waals surface area contributed by atoms with Crippen LogP contribution in [0.1, 0.15) is 24.8 Å². The first-order valence-electron chi connectivity index (χ1n) is 8.12. The van der Waals surface area contributed by atoms with Crippen molar-refractivity contribution in [2.45, 2.75) is 36.7 Å². The smallest absolute Gasteiger partial charge is 0.261 e. The molecule has 1 atom stereocenters. The zero-order valence-electron chi connectivity index (χ0n) is 13.5. The van der Waals surface area contributed by atoms with E-state index in [1.54, 1.807) is 24.3 Å². The molecule has 25 heavy (non-hydrogen) atoms. The Morgan fingerprint density at radius 3 is 2.44 bits per heavy atom. The molecule has 0 spiro atoms. The van der Waals surface area contributed by atoms with E-state index in [4.69, 9.17) is 27.9 Å². The Labute approximate surface area is 158 Å². The van der Waals surface area contributed by atoms with Crippen LogP contribution in [0.2, 0.25) is 10.0 Å². The molecule has 0 radical (unpaired) electrons. The molecule has 1 heterocycles. The van der Waals surface area contributed by atoms with Crippen molar-refractivity contribution < 1.29 is 13.2 Å². The van der Waals surface area contributed by atoms with Gasteiger partial charge in [0.25, 0.3) is 10.0 Å². The summed E-state index contributed by atoms with van der Waals surface area (Å²) in [6.07, 6.45) is 3.94. The molecule has 1 unspecified atom stereocenters. The van der Waals surface area contributed by atoms with Crippen molar-refractivity contribution in [1.29, 1.82) is 0 Å². The van der Waals surface area contributed by atoms with Crippen LogP contribution in [0.15, 0.2) is 47.4 Å². The fraction of sp³-hybridized carbons (Fsp3) is 0.333. The summed E-state index contributed by atoms with van der Waals surface area (Å²) in [5.74, 6) is 0. The number of hydrogen-bond acceptors (Lipinski definition) is 3. The van der Waals surface area contributed by atoms with Gasteiger partial charge in [0.1, 0.15) is 0 Å². The molecule has 1 aliphatic heterocycles. The minimum absolute atomic E-state index is 0.105. The third-order valence-electron chi connectivity index (χ3n) is 4.16. The van der Waals surface area contributed by atoms with Gasteiger partial charge in [0, 0.05) is 23.1 Å². The highest BCUT2D eigenvalue weighted by atomic mass is 35.5. The van der Waals surface area contributed by atoms with Gasteiger partial charge < -0.3 is 4.74 Å². The Kier molecular flexibility index (Phi) is 5.89. The van der Waals surface area contributed by atoms with E-state index in [2.05, 4.69) is 4.72 Å². The predicted molar refractivity (Wildman–Crippen MR) is 101 cm³/mol. The second-order valence-electron chi connectivity index (χ2n) is 6.05. The molecule has 1 aliphatic rings. The van der Waals surface area contributed by atoms with Crippen molar-refractivity contribution in [1.82, 2.24) is 0 Å². The van der Waals surface area contributed by atoms with Gasteiger partial charge in [-0.3, -0.25) is 4.72 Å². The average molecular weight is 400 g/mol. The van der Waals surface area contributed by atoms with E-state index < -0.39 is 10.0 Å². The van der Waals surface area contributed by atoms with Crippen molar-refractivity contribution in [3.8, 4) is 0 Å². The van der Waals surface area contributed by atoms with Crippen LogP contribution in [0.5, 0.6) is 0 Å². The zero-order chi connectivity index (χ0) is 17.9. The summed E-state index contributed by atoms with van der Waals surface area (Å²) in [6.45, 7) is 0.754. The quantitative estimate of drug-likeness (QED) is 0.776. The Bertz CT molecular complexity index is 832. The van der Waals surface area contributed by atoms with Gasteiger partial charge in [0.05, 0.1) is 16.7 Å². The molecule has 2 aromatic carbocycles. The lowest BCUT2D eigenvalue weighted by molar-refractivity contribution is 0.0169. The molecule has 4 nitrogen and oxygen atoms in total. The van der Waals surface area contributed by atoms with Crippen molar-refractivity contribution >= 4 is 38.9 Å². The number of hydrogen-bond donors (Lipinski definition) is 1. The maximum absolute atomic E-state index is 12.6. The molecule has 3 rings (SSSR count). The third kappa shape index (κ3) is 4.88. The number of nitrogens with one attached hydrogen (secondary N) is 1. The van der Waals surface area contributed by atoms with Gasteiger partial charge in [-0.15, -0.1) is 0 Å². The van der Waals surface area contributed by atoms with Crippen molar-refractivity contribution in [2.24, 2.45) is 0 Å². The van der Waals surface area contributed by atoms with Crippen LogP contribution >= 0.6 is 23.2 Å². The molecule has 0 aromatic heterocycles. The summed E-state index contributed by atoms with van der Waals surface area (Å²) in [5, 5.41) is 0.957. The van der Waals surface area contributed by atoms with Crippen LogP contribution in [0, 0.1) is 0 Å². The molecule has 1 fully saturated rings. The zero-order valence-corrected chi connectivity index (χ0v) is 15.9. The van der Waals surface area contributed by atoms with Crippen LogP contribution in [-0.2, 0) is 21.2 Å². The summed E-state index contributed by atoms with van der Waals surface area (Å²) < 4.78 is 33.7. The van der Waals surface area contributed by atoms with Gasteiger partial charge in [-0.05, 0) is 61.2 Å². The molecule has 7 heteroatoms. The summed E-state index contributed by atoms with van der Waals surface area (Å²) in [5.41, 5.74) is 1.35. The lowest BCUT2D eigenvalue weighted by Gasteiger charge is -2.24. The Morgan fingerprint density at radius 2 is 1.76 bits per heavy atom. The first-order chi connectivity index (χ1) is 11.9. The highest BCUT2D eigenvalue weighted by molar-refractivity contribution is 7.92. The standard InChI is InChI=1S/C18H19Cl2NO3S/c19-14-6-8-17(9-7-14)25(22,23)21-18-12-15(20)5-4-13(18)11-16-3-1-2-10-24-16/h4-9,12,16,21H,1-3,10-11H2. The normalized spacial score (nSPS) is 18.1. The van der Waals surface area contributed by atoms with E-state index in [1.807, 2.05) is 6.07 Å². The van der Waals surface area contributed by atoms with E-state index in [0.717, 1.165) is 31.4 Å². The van der Waals surface area contributed by atoms with Crippen molar-refractivity contribution in [3.05, 3.63) is 58.1 Å². The minimum Gasteiger partial charge on any atom is -0.378 e. The lowest BCUT2D eigenvalue weighted by atomic mass is 10.0. The Hall–Kier alpha value is -1.27. The molecule has 1 N–H and O–H groups in total. The maximum Gasteiger partial charge on any atom is 0.261 e. The number of sulfonamides is 1. The van der Waals surface area contributed by atoms with Crippen molar-refractivity contribution in [2.75, 3.05) is 11.3 Å². The van der Waals surface area contributed by atoms with Crippen LogP contribution < -0.4 is 4.72 Å². The first-order valence-corrected chi connectivity index (χ1v) is 10.4. The van der Waals surface area contributed by atoms with Gasteiger partial charge >= 0.3 is 0 Å². The highest BCUT2D eigenvalue weighted by Crippen LogP contribution is 2.28. The predicted octanol–water partition coefficient (Wildman–Crippen LogP) is 4.91. The van der Waals surface area contributed by atoms with E-state index >= 15 is 0 Å². The van der Waals surface area contributed by atoms with Gasteiger partial charge in [-0.25, -0.2) is 8.42 Å². The number of anilines is 1. The summed E-state index contributed by atoms with van der Waals surface area (Å²) in [4.78, 5) is 0.150. The van der Waals surface area contributed by atoms with Crippen LogP contribution in [0.25, 0.3) is 0 Å². The Balaban J connectivity index is 1.85.